The molecule has 0 aliphatic rings. The Morgan fingerprint density at radius 3 is 2.48 bits per heavy atom. The van der Waals surface area contributed by atoms with Crippen LogP contribution in [0.15, 0.2) is 48.5 Å². The van der Waals surface area contributed by atoms with Gasteiger partial charge in [-0.05, 0) is 47.9 Å². The average Bonchev–Trinajstić information content (AvgIpc) is 2.63. The van der Waals surface area contributed by atoms with E-state index in [0.717, 1.165) is 11.1 Å². The molecule has 0 spiro atoms. The lowest BCUT2D eigenvalue weighted by Crippen LogP contribution is -2.30. The highest BCUT2D eigenvalue weighted by Gasteiger charge is 2.10. The van der Waals surface area contributed by atoms with Crippen LogP contribution < -0.4 is 4.74 Å². The number of hydroxylamine groups is 2. The monoisotopic (exact) mass is 343 g/mol. The summed E-state index contributed by atoms with van der Waals surface area (Å²) in [5.74, 6) is 0.285. The van der Waals surface area contributed by atoms with Crippen LogP contribution in [-0.2, 0) is 16.1 Å². The van der Waals surface area contributed by atoms with Crippen molar-refractivity contribution in [2.45, 2.75) is 6.42 Å². The van der Waals surface area contributed by atoms with Crippen molar-refractivity contribution < 1.29 is 24.6 Å². The number of hydrogen-bond donors (Lipinski definition) is 2. The molecule has 0 aliphatic heterocycles. The van der Waals surface area contributed by atoms with Crippen molar-refractivity contribution in [2.24, 2.45) is 0 Å². The third-order valence-corrected chi connectivity index (χ3v) is 3.63. The van der Waals surface area contributed by atoms with Crippen molar-refractivity contribution >= 4 is 12.0 Å². The van der Waals surface area contributed by atoms with Crippen LogP contribution in [0.25, 0.3) is 6.08 Å². The van der Waals surface area contributed by atoms with E-state index in [-0.39, 0.29) is 17.4 Å². The van der Waals surface area contributed by atoms with Gasteiger partial charge in [0.15, 0.2) is 11.5 Å². The summed E-state index contributed by atoms with van der Waals surface area (Å²) < 4.78 is 5.04. The summed E-state index contributed by atoms with van der Waals surface area (Å²) in [4.78, 5) is 17.4. The second-order valence-corrected chi connectivity index (χ2v) is 5.30. The first-order chi connectivity index (χ1) is 12.0. The van der Waals surface area contributed by atoms with E-state index in [2.05, 4.69) is 0 Å². The van der Waals surface area contributed by atoms with Gasteiger partial charge in [0.25, 0.3) is 5.91 Å². The molecule has 0 bridgehead atoms. The van der Waals surface area contributed by atoms with E-state index >= 15 is 0 Å². The second kappa shape index (κ2) is 8.75. The Morgan fingerprint density at radius 1 is 1.12 bits per heavy atom. The van der Waals surface area contributed by atoms with E-state index in [1.807, 2.05) is 0 Å². The van der Waals surface area contributed by atoms with Crippen LogP contribution >= 0.6 is 0 Å². The van der Waals surface area contributed by atoms with Gasteiger partial charge in [0.1, 0.15) is 5.75 Å². The quantitative estimate of drug-likeness (QED) is 0.597. The molecule has 0 aromatic heterocycles. The highest BCUT2D eigenvalue weighted by Crippen LogP contribution is 2.26. The van der Waals surface area contributed by atoms with Gasteiger partial charge in [-0.3, -0.25) is 9.63 Å². The highest BCUT2D eigenvalue weighted by atomic mass is 16.7. The molecule has 2 N–H and O–H groups in total. The van der Waals surface area contributed by atoms with Gasteiger partial charge in [0.05, 0.1) is 20.8 Å². The van der Waals surface area contributed by atoms with Crippen molar-refractivity contribution in [3.8, 4) is 17.2 Å². The number of aromatic hydroxyl groups is 2. The zero-order valence-corrected chi connectivity index (χ0v) is 14.2. The van der Waals surface area contributed by atoms with Gasteiger partial charge in [-0.1, -0.05) is 18.2 Å². The van der Waals surface area contributed by atoms with Crippen LogP contribution in [0.1, 0.15) is 11.1 Å². The molecule has 2 aromatic rings. The fourth-order valence-corrected chi connectivity index (χ4v) is 2.23. The standard InChI is InChI=1S/C19H21NO5/c1-24-18-13-15(5-9-17(18)22)6-10-19(23)20(25-2)12-11-14-3-7-16(21)8-4-14/h3-10,13,21-22H,11-12H2,1-2H3/b10-6-. The van der Waals surface area contributed by atoms with Crippen LogP contribution in [0.4, 0.5) is 0 Å². The molecule has 0 fully saturated rings. The zero-order valence-electron chi connectivity index (χ0n) is 14.2. The van der Waals surface area contributed by atoms with Crippen molar-refractivity contribution in [2.75, 3.05) is 20.8 Å². The van der Waals surface area contributed by atoms with Crippen LogP contribution in [-0.4, -0.2) is 41.9 Å². The van der Waals surface area contributed by atoms with Crippen molar-refractivity contribution in [1.29, 1.82) is 0 Å². The Balaban J connectivity index is 1.98. The van der Waals surface area contributed by atoms with Crippen LogP contribution in [0.5, 0.6) is 17.2 Å². The molecular formula is C19H21NO5. The van der Waals surface area contributed by atoms with Crippen molar-refractivity contribution in [3.05, 3.63) is 59.7 Å². The Labute approximate surface area is 146 Å². The van der Waals surface area contributed by atoms with E-state index in [1.165, 1.54) is 31.4 Å². The SMILES string of the molecule is COc1cc(/C=C\C(=O)N(CCc2ccc(O)cc2)OC)ccc1O. The van der Waals surface area contributed by atoms with Crippen molar-refractivity contribution in [1.82, 2.24) is 5.06 Å². The molecule has 132 valence electrons. The fraction of sp³-hybridized carbons (Fsp3) is 0.211. The summed E-state index contributed by atoms with van der Waals surface area (Å²) in [7, 11) is 2.90. The zero-order chi connectivity index (χ0) is 18.2. The second-order valence-electron chi connectivity index (χ2n) is 5.30. The molecule has 6 nitrogen and oxygen atoms in total. The van der Waals surface area contributed by atoms with E-state index in [9.17, 15) is 15.0 Å². The molecule has 6 heteroatoms. The molecule has 0 saturated carbocycles. The molecule has 0 saturated heterocycles. The van der Waals surface area contributed by atoms with Crippen LogP contribution in [0.3, 0.4) is 0 Å². The predicted molar refractivity (Wildman–Crippen MR) is 94.2 cm³/mol. The minimum Gasteiger partial charge on any atom is -0.508 e. The first kappa shape index (κ1) is 18.4. The van der Waals surface area contributed by atoms with Gasteiger partial charge < -0.3 is 14.9 Å². The van der Waals surface area contributed by atoms with Crippen LogP contribution in [0.2, 0.25) is 0 Å². The van der Waals surface area contributed by atoms with Gasteiger partial charge in [0, 0.05) is 6.08 Å². The number of methoxy groups -OCH3 is 1. The summed E-state index contributed by atoms with van der Waals surface area (Å²) in [6, 6.07) is 11.6. The molecule has 0 unspecified atom stereocenters. The van der Waals surface area contributed by atoms with Gasteiger partial charge in [-0.2, -0.15) is 0 Å². The smallest absolute Gasteiger partial charge is 0.270 e. The number of amides is 1. The minimum absolute atomic E-state index is 0.0402. The molecular weight excluding hydrogens is 322 g/mol. The Kier molecular flexibility index (Phi) is 6.42. The fourth-order valence-electron chi connectivity index (χ4n) is 2.23. The largest absolute Gasteiger partial charge is 0.508 e. The van der Waals surface area contributed by atoms with Crippen LogP contribution in [0, 0.1) is 0 Å². The normalized spacial score (nSPS) is 10.8. The summed E-state index contributed by atoms with van der Waals surface area (Å²) in [5.41, 5.74) is 1.71. The number of benzene rings is 2. The lowest BCUT2D eigenvalue weighted by Gasteiger charge is -2.18. The minimum atomic E-state index is -0.298. The number of ether oxygens (including phenoxy) is 1. The lowest BCUT2D eigenvalue weighted by molar-refractivity contribution is -0.169. The molecule has 0 atom stereocenters. The van der Waals surface area contributed by atoms with E-state index in [1.54, 1.807) is 42.5 Å². The Bertz CT molecular complexity index is 740. The third-order valence-electron chi connectivity index (χ3n) is 3.63. The van der Waals surface area contributed by atoms with Gasteiger partial charge >= 0.3 is 0 Å². The Hall–Kier alpha value is -2.99. The maximum absolute atomic E-state index is 12.2. The topological polar surface area (TPSA) is 79.2 Å². The number of nitrogens with zero attached hydrogens (tertiary/aromatic N) is 1. The number of phenols is 2. The lowest BCUT2D eigenvalue weighted by atomic mass is 10.1. The maximum Gasteiger partial charge on any atom is 0.270 e. The summed E-state index contributed by atoms with van der Waals surface area (Å²) in [5, 5.41) is 20.1. The molecule has 0 aliphatic carbocycles. The molecule has 1 amide bonds. The molecule has 2 rings (SSSR count). The number of rotatable bonds is 7. The summed E-state index contributed by atoms with van der Waals surface area (Å²) >= 11 is 0. The number of hydrogen-bond acceptors (Lipinski definition) is 5. The van der Waals surface area contributed by atoms with Gasteiger partial charge in [0.2, 0.25) is 0 Å². The average molecular weight is 343 g/mol. The molecule has 2 aromatic carbocycles. The Morgan fingerprint density at radius 2 is 1.84 bits per heavy atom. The summed E-state index contributed by atoms with van der Waals surface area (Å²) in [6.45, 7) is 0.378. The highest BCUT2D eigenvalue weighted by molar-refractivity contribution is 5.91. The molecule has 0 heterocycles. The van der Waals surface area contributed by atoms with Crippen molar-refractivity contribution in [3.63, 3.8) is 0 Å². The molecule has 25 heavy (non-hydrogen) atoms. The predicted octanol–water partition coefficient (Wildman–Crippen LogP) is 2.75. The maximum atomic E-state index is 12.2. The first-order valence-electron chi connectivity index (χ1n) is 7.72. The number of carbonyl (C=O) groups is 1. The van der Waals surface area contributed by atoms with E-state index in [4.69, 9.17) is 9.57 Å². The molecule has 0 radical (unpaired) electrons. The van der Waals surface area contributed by atoms with E-state index < -0.39 is 0 Å². The third kappa shape index (κ3) is 5.26. The van der Waals surface area contributed by atoms with Gasteiger partial charge in [-0.15, -0.1) is 0 Å². The number of carbonyl (C=O) groups excluding carboxylic acids is 1. The first-order valence-corrected chi connectivity index (χ1v) is 7.72. The van der Waals surface area contributed by atoms with E-state index in [0.29, 0.717) is 18.7 Å². The van der Waals surface area contributed by atoms with Gasteiger partial charge in [-0.25, -0.2) is 5.06 Å². The number of phenolic OH excluding ortho intramolecular Hbond substituents is 2. The summed E-state index contributed by atoms with van der Waals surface area (Å²) in [6.07, 6.45) is 3.61.